The zero-order chi connectivity index (χ0) is 18.3. The van der Waals surface area contributed by atoms with Gasteiger partial charge in [0.15, 0.2) is 17.3 Å². The van der Waals surface area contributed by atoms with Crippen molar-refractivity contribution in [3.8, 4) is 40.1 Å². The molecule has 0 saturated heterocycles. The first-order valence-corrected chi connectivity index (χ1v) is 7.22. The molecule has 0 bridgehead atoms. The highest BCUT2D eigenvalue weighted by atomic mass is 16.4. The Morgan fingerprint density at radius 3 is 2.32 bits per heavy atom. The fraction of sp³-hybridized carbons (Fsp3) is 0.0556. The molecular formula is C18H14O7. The first-order valence-electron chi connectivity index (χ1n) is 7.22. The molecular weight excluding hydrogens is 328 g/mol. The third-order valence-corrected chi connectivity index (χ3v) is 3.80. The molecule has 0 aliphatic heterocycles. The highest BCUT2D eigenvalue weighted by Gasteiger charge is 2.22. The van der Waals surface area contributed by atoms with Gasteiger partial charge in [-0.15, -0.1) is 6.58 Å². The van der Waals surface area contributed by atoms with Gasteiger partial charge in [-0.25, -0.2) is 0 Å². The topological polar surface area (TPSA) is 131 Å². The lowest BCUT2D eigenvalue weighted by Gasteiger charge is -2.11. The molecule has 3 aromatic rings. The number of benzene rings is 2. The summed E-state index contributed by atoms with van der Waals surface area (Å²) in [5, 5.41) is 49.1. The number of hydrogen-bond donors (Lipinski definition) is 5. The minimum atomic E-state index is -0.897. The molecule has 1 aromatic heterocycles. The number of allylic oxidation sites excluding steroid dienone is 1. The number of phenolic OH excluding ortho intramolecular Hbond substituents is 4. The van der Waals surface area contributed by atoms with Crippen LogP contribution in [0.3, 0.4) is 0 Å². The third-order valence-electron chi connectivity index (χ3n) is 3.80. The molecule has 0 fully saturated rings. The fourth-order valence-corrected chi connectivity index (χ4v) is 2.56. The predicted octanol–water partition coefficient (Wildman–Crippen LogP) is 2.72. The summed E-state index contributed by atoms with van der Waals surface area (Å²) in [6, 6.07) is 4.74. The summed E-state index contributed by atoms with van der Waals surface area (Å²) in [7, 11) is 0. The summed E-state index contributed by atoms with van der Waals surface area (Å²) < 4.78 is 5.46. The second-order valence-electron chi connectivity index (χ2n) is 5.40. The van der Waals surface area contributed by atoms with Gasteiger partial charge >= 0.3 is 0 Å². The monoisotopic (exact) mass is 342 g/mol. The molecule has 0 aliphatic rings. The SMILES string of the molecule is C=CCc1c(O)cc2oc(-c3ccc(O)c(O)c3)c(O)c(=O)c2c1O. The van der Waals surface area contributed by atoms with Crippen LogP contribution in [-0.2, 0) is 6.42 Å². The van der Waals surface area contributed by atoms with Gasteiger partial charge in [-0.3, -0.25) is 4.79 Å². The van der Waals surface area contributed by atoms with E-state index in [0.717, 1.165) is 18.2 Å². The summed E-state index contributed by atoms with van der Waals surface area (Å²) >= 11 is 0. The number of aromatic hydroxyl groups is 5. The smallest absolute Gasteiger partial charge is 0.238 e. The molecule has 0 radical (unpaired) electrons. The van der Waals surface area contributed by atoms with Crippen LogP contribution in [0.15, 0.2) is 46.1 Å². The number of phenols is 4. The van der Waals surface area contributed by atoms with E-state index >= 15 is 0 Å². The van der Waals surface area contributed by atoms with Gasteiger partial charge in [-0.05, 0) is 24.6 Å². The molecule has 7 heteroatoms. The molecule has 0 atom stereocenters. The third kappa shape index (κ3) is 2.51. The van der Waals surface area contributed by atoms with Crippen molar-refractivity contribution in [3.05, 3.63) is 52.7 Å². The predicted molar refractivity (Wildman–Crippen MR) is 90.1 cm³/mol. The summed E-state index contributed by atoms with van der Waals surface area (Å²) in [5.74, 6) is -2.69. The van der Waals surface area contributed by atoms with Crippen LogP contribution in [0.25, 0.3) is 22.3 Å². The van der Waals surface area contributed by atoms with Crippen molar-refractivity contribution in [3.63, 3.8) is 0 Å². The minimum absolute atomic E-state index is 0.0872. The van der Waals surface area contributed by atoms with Crippen molar-refractivity contribution in [2.45, 2.75) is 6.42 Å². The molecule has 0 spiro atoms. The first kappa shape index (κ1) is 16.3. The van der Waals surface area contributed by atoms with E-state index in [1.54, 1.807) is 0 Å². The maximum Gasteiger partial charge on any atom is 0.238 e. The van der Waals surface area contributed by atoms with Gasteiger partial charge in [0.25, 0.3) is 0 Å². The Morgan fingerprint density at radius 1 is 0.960 bits per heavy atom. The van der Waals surface area contributed by atoms with Crippen molar-refractivity contribution in [1.29, 1.82) is 0 Å². The zero-order valence-electron chi connectivity index (χ0n) is 12.9. The molecule has 128 valence electrons. The lowest BCUT2D eigenvalue weighted by atomic mass is 10.0. The highest BCUT2D eigenvalue weighted by Crippen LogP contribution is 2.40. The molecule has 2 aromatic carbocycles. The fourth-order valence-electron chi connectivity index (χ4n) is 2.56. The van der Waals surface area contributed by atoms with Crippen LogP contribution in [0.1, 0.15) is 5.56 Å². The molecule has 0 saturated carbocycles. The Labute approximate surface area is 141 Å². The maximum absolute atomic E-state index is 12.5. The quantitative estimate of drug-likeness (QED) is 0.365. The molecule has 1 heterocycles. The van der Waals surface area contributed by atoms with Crippen LogP contribution in [-0.4, -0.2) is 25.5 Å². The van der Waals surface area contributed by atoms with Crippen LogP contribution in [0.5, 0.6) is 28.7 Å². The van der Waals surface area contributed by atoms with Gasteiger partial charge < -0.3 is 29.9 Å². The molecule has 0 aliphatic carbocycles. The largest absolute Gasteiger partial charge is 0.507 e. The van der Waals surface area contributed by atoms with Crippen LogP contribution < -0.4 is 5.43 Å². The second-order valence-corrected chi connectivity index (χ2v) is 5.40. The zero-order valence-corrected chi connectivity index (χ0v) is 12.9. The molecule has 0 unspecified atom stereocenters. The van der Waals surface area contributed by atoms with Crippen molar-refractivity contribution >= 4 is 11.0 Å². The van der Waals surface area contributed by atoms with Gasteiger partial charge in [-0.2, -0.15) is 0 Å². The number of fused-ring (bicyclic) bond motifs is 1. The van der Waals surface area contributed by atoms with Crippen LogP contribution in [0, 0.1) is 0 Å². The van der Waals surface area contributed by atoms with Gasteiger partial charge in [-0.1, -0.05) is 6.08 Å². The number of hydrogen-bond acceptors (Lipinski definition) is 7. The molecule has 7 nitrogen and oxygen atoms in total. The summed E-state index contributed by atoms with van der Waals surface area (Å²) in [6.45, 7) is 3.51. The van der Waals surface area contributed by atoms with Crippen molar-refractivity contribution < 1.29 is 29.9 Å². The van der Waals surface area contributed by atoms with Gasteiger partial charge in [0.1, 0.15) is 22.5 Å². The maximum atomic E-state index is 12.5. The standard InChI is InChI=1S/C18H14O7/c1-2-3-9-11(20)7-13-14(15(9)22)16(23)17(24)18(25-13)8-4-5-10(19)12(21)6-8/h2,4-7,19-22,24H,1,3H2. The van der Waals surface area contributed by atoms with Crippen molar-refractivity contribution in [2.75, 3.05) is 0 Å². The normalized spacial score (nSPS) is 10.9. The minimum Gasteiger partial charge on any atom is -0.507 e. The van der Waals surface area contributed by atoms with E-state index in [9.17, 15) is 30.3 Å². The average molecular weight is 342 g/mol. The Morgan fingerprint density at radius 2 is 1.68 bits per heavy atom. The van der Waals surface area contributed by atoms with Crippen molar-refractivity contribution in [1.82, 2.24) is 0 Å². The lowest BCUT2D eigenvalue weighted by Crippen LogP contribution is -2.04. The van der Waals surface area contributed by atoms with Crippen LogP contribution >= 0.6 is 0 Å². The van der Waals surface area contributed by atoms with Gasteiger partial charge in [0, 0.05) is 17.2 Å². The average Bonchev–Trinajstić information content (AvgIpc) is 2.57. The second kappa shape index (κ2) is 5.79. The molecule has 25 heavy (non-hydrogen) atoms. The molecule has 5 N–H and O–H groups in total. The van der Waals surface area contributed by atoms with E-state index in [4.69, 9.17) is 4.42 Å². The summed E-state index contributed by atoms with van der Waals surface area (Å²) in [6.07, 6.45) is 1.55. The Bertz CT molecular complexity index is 1060. The van der Waals surface area contributed by atoms with Gasteiger partial charge in [0.2, 0.25) is 11.2 Å². The summed E-state index contributed by atoms with van der Waals surface area (Å²) in [4.78, 5) is 12.5. The lowest BCUT2D eigenvalue weighted by molar-refractivity contribution is 0.403. The van der Waals surface area contributed by atoms with E-state index < -0.39 is 22.7 Å². The van der Waals surface area contributed by atoms with Crippen LogP contribution in [0.2, 0.25) is 0 Å². The van der Waals surface area contributed by atoms with E-state index in [1.165, 1.54) is 12.1 Å². The highest BCUT2D eigenvalue weighted by molar-refractivity contribution is 5.90. The Balaban J connectivity index is 2.36. The number of rotatable bonds is 3. The van der Waals surface area contributed by atoms with Crippen molar-refractivity contribution in [2.24, 2.45) is 0 Å². The van der Waals surface area contributed by atoms with Gasteiger partial charge in [0.05, 0.1) is 0 Å². The van der Waals surface area contributed by atoms with E-state index in [2.05, 4.69) is 6.58 Å². The van der Waals surface area contributed by atoms with Crippen LogP contribution in [0.4, 0.5) is 0 Å². The van der Waals surface area contributed by atoms with E-state index in [1.807, 2.05) is 0 Å². The Hall–Kier alpha value is -3.61. The summed E-state index contributed by atoms with van der Waals surface area (Å²) in [5.41, 5.74) is -0.829. The van der Waals surface area contributed by atoms with E-state index in [0.29, 0.717) is 0 Å². The molecule has 0 amide bonds. The Kier molecular flexibility index (Phi) is 3.76. The molecule has 3 rings (SSSR count). The van der Waals surface area contributed by atoms with E-state index in [-0.39, 0.29) is 45.8 Å². The first-order chi connectivity index (χ1) is 11.8.